The molecule has 1 atom stereocenters. The van der Waals surface area contributed by atoms with Gasteiger partial charge in [0.2, 0.25) is 0 Å². The molecule has 0 bridgehead atoms. The molecule has 0 aromatic carbocycles. The molecule has 5 nitrogen and oxygen atoms in total. The first-order valence-electron chi connectivity index (χ1n) is 4.16. The number of rotatable bonds is 5. The molecule has 0 aliphatic heterocycles. The predicted octanol–water partition coefficient (Wildman–Crippen LogP) is 1.17. The molecule has 0 aliphatic rings. The third kappa shape index (κ3) is 3.82. The summed E-state index contributed by atoms with van der Waals surface area (Å²) in [6.07, 6.45) is 0.850. The zero-order chi connectivity index (χ0) is 10.4. The van der Waals surface area contributed by atoms with Crippen molar-refractivity contribution < 1.29 is 12.9 Å². The summed E-state index contributed by atoms with van der Waals surface area (Å²) in [7, 11) is 0. The van der Waals surface area contributed by atoms with Gasteiger partial charge in [0.1, 0.15) is 12.5 Å². The van der Waals surface area contributed by atoms with Gasteiger partial charge in [-0.2, -0.15) is 4.21 Å². The van der Waals surface area contributed by atoms with Gasteiger partial charge in [-0.05, 0) is 18.6 Å². The smallest absolute Gasteiger partial charge is 0.303 e. The van der Waals surface area contributed by atoms with Crippen molar-refractivity contribution in [2.24, 2.45) is 0 Å². The molecule has 0 fully saturated rings. The summed E-state index contributed by atoms with van der Waals surface area (Å²) in [5.41, 5.74) is 0.958. The molecule has 0 saturated carbocycles. The van der Waals surface area contributed by atoms with Crippen LogP contribution in [0.2, 0.25) is 0 Å². The van der Waals surface area contributed by atoms with Crippen LogP contribution < -0.4 is 5.32 Å². The number of nitrogens with one attached hydrogen (secondary N) is 1. The first-order valence-corrected chi connectivity index (χ1v) is 5.19. The quantitative estimate of drug-likeness (QED) is 0.571. The molecule has 78 valence electrons. The van der Waals surface area contributed by atoms with E-state index in [0.717, 1.165) is 12.1 Å². The second-order valence-corrected chi connectivity index (χ2v) is 3.19. The fourth-order valence-corrected chi connectivity index (χ4v) is 1.09. The van der Waals surface area contributed by atoms with Gasteiger partial charge in [-0.15, -0.1) is 0 Å². The number of aryl methyl sites for hydroxylation is 1. The van der Waals surface area contributed by atoms with E-state index in [1.165, 1.54) is 0 Å². The Hall–Kier alpha value is -0.980. The topological polar surface area (TPSA) is 71.5 Å². The van der Waals surface area contributed by atoms with Gasteiger partial charge in [0.05, 0.1) is 0 Å². The lowest BCUT2D eigenvalue weighted by Crippen LogP contribution is -2.09. The Balaban J connectivity index is 2.46. The maximum Gasteiger partial charge on any atom is 0.303 e. The van der Waals surface area contributed by atoms with Crippen LogP contribution in [0.5, 0.6) is 0 Å². The number of hydrogen-bond donors (Lipinski definition) is 2. The lowest BCUT2D eigenvalue weighted by Gasteiger charge is -2.04. The van der Waals surface area contributed by atoms with E-state index in [0.29, 0.717) is 5.82 Å². The van der Waals surface area contributed by atoms with Gasteiger partial charge in [0.15, 0.2) is 0 Å². The Labute approximate surface area is 85.0 Å². The van der Waals surface area contributed by atoms with E-state index in [-0.39, 0.29) is 6.73 Å². The van der Waals surface area contributed by atoms with Crippen LogP contribution in [0.1, 0.15) is 12.6 Å². The molecule has 14 heavy (non-hydrogen) atoms. The Morgan fingerprint density at radius 2 is 2.43 bits per heavy atom. The Kier molecular flexibility index (Phi) is 4.51. The van der Waals surface area contributed by atoms with E-state index in [9.17, 15) is 4.21 Å². The van der Waals surface area contributed by atoms with Crippen LogP contribution >= 0.6 is 0 Å². The fourth-order valence-electron chi connectivity index (χ4n) is 0.929. The van der Waals surface area contributed by atoms with Crippen LogP contribution in [0.4, 0.5) is 5.82 Å². The maximum atomic E-state index is 10.1. The molecule has 0 saturated heterocycles. The van der Waals surface area contributed by atoms with Gasteiger partial charge in [-0.1, -0.05) is 13.0 Å². The van der Waals surface area contributed by atoms with Crippen LogP contribution in [0.25, 0.3) is 0 Å². The van der Waals surface area contributed by atoms with E-state index in [4.69, 9.17) is 4.55 Å². The lowest BCUT2D eigenvalue weighted by atomic mass is 10.3. The van der Waals surface area contributed by atoms with Gasteiger partial charge >= 0.3 is 11.4 Å². The van der Waals surface area contributed by atoms with Gasteiger partial charge < -0.3 is 5.32 Å². The molecule has 1 aromatic rings. The average molecular weight is 216 g/mol. The predicted molar refractivity (Wildman–Crippen MR) is 54.0 cm³/mol. The van der Waals surface area contributed by atoms with Crippen molar-refractivity contribution in [1.29, 1.82) is 0 Å². The highest BCUT2D eigenvalue weighted by Crippen LogP contribution is 2.04. The SMILES string of the molecule is CCc1cccc(NCOS(=O)O)n1. The first kappa shape index (κ1) is 11.1. The fraction of sp³-hybridized carbons (Fsp3) is 0.375. The largest absolute Gasteiger partial charge is 0.346 e. The Morgan fingerprint density at radius 1 is 1.64 bits per heavy atom. The second kappa shape index (κ2) is 5.69. The van der Waals surface area contributed by atoms with Crippen LogP contribution in [0.15, 0.2) is 18.2 Å². The summed E-state index contributed by atoms with van der Waals surface area (Å²) < 4.78 is 22.9. The molecule has 0 amide bonds. The number of pyridine rings is 1. The number of anilines is 1. The summed E-state index contributed by atoms with van der Waals surface area (Å²) in [5.74, 6) is 0.634. The molecule has 0 radical (unpaired) electrons. The molecule has 0 aliphatic carbocycles. The number of aromatic nitrogens is 1. The van der Waals surface area contributed by atoms with Gasteiger partial charge in [-0.25, -0.2) is 9.17 Å². The molecular formula is C8H12N2O3S. The third-order valence-electron chi connectivity index (χ3n) is 1.58. The van der Waals surface area contributed by atoms with Crippen molar-refractivity contribution >= 4 is 17.2 Å². The van der Waals surface area contributed by atoms with E-state index in [1.54, 1.807) is 6.07 Å². The van der Waals surface area contributed by atoms with Crippen molar-refractivity contribution in [1.82, 2.24) is 4.98 Å². The summed E-state index contributed by atoms with van der Waals surface area (Å²) >= 11 is -2.24. The van der Waals surface area contributed by atoms with E-state index in [2.05, 4.69) is 14.5 Å². The Bertz CT molecular complexity index is 319. The second-order valence-electron chi connectivity index (χ2n) is 2.52. The summed E-state index contributed by atoms with van der Waals surface area (Å²) in [6, 6.07) is 5.54. The van der Waals surface area contributed by atoms with E-state index < -0.39 is 11.4 Å². The zero-order valence-electron chi connectivity index (χ0n) is 7.77. The van der Waals surface area contributed by atoms with Crippen LogP contribution in [0.3, 0.4) is 0 Å². The lowest BCUT2D eigenvalue weighted by molar-refractivity contribution is 0.330. The highest BCUT2D eigenvalue weighted by Gasteiger charge is 1.96. The van der Waals surface area contributed by atoms with Crippen molar-refractivity contribution in [3.05, 3.63) is 23.9 Å². The third-order valence-corrected chi connectivity index (χ3v) is 1.90. The maximum absolute atomic E-state index is 10.1. The van der Waals surface area contributed by atoms with Gasteiger partial charge in [0.25, 0.3) is 0 Å². The summed E-state index contributed by atoms with van der Waals surface area (Å²) in [4.78, 5) is 4.22. The molecule has 1 rings (SSSR count). The molecule has 1 unspecified atom stereocenters. The molecular weight excluding hydrogens is 204 g/mol. The highest BCUT2D eigenvalue weighted by molar-refractivity contribution is 7.74. The minimum atomic E-state index is -2.24. The Morgan fingerprint density at radius 3 is 3.07 bits per heavy atom. The minimum absolute atomic E-state index is 0.0384. The van der Waals surface area contributed by atoms with Gasteiger partial charge in [0, 0.05) is 5.69 Å². The number of hydrogen-bond acceptors (Lipinski definition) is 4. The van der Waals surface area contributed by atoms with Gasteiger partial charge in [-0.3, -0.25) is 4.55 Å². The highest BCUT2D eigenvalue weighted by atomic mass is 32.2. The normalized spacial score (nSPS) is 12.4. The van der Waals surface area contributed by atoms with Crippen LogP contribution in [0, 0.1) is 0 Å². The molecule has 1 heterocycles. The zero-order valence-corrected chi connectivity index (χ0v) is 8.58. The summed E-state index contributed by atoms with van der Waals surface area (Å²) in [5, 5.41) is 2.76. The average Bonchev–Trinajstić information content (AvgIpc) is 2.18. The van der Waals surface area contributed by atoms with Crippen molar-refractivity contribution in [2.75, 3.05) is 12.0 Å². The van der Waals surface area contributed by atoms with Crippen molar-refractivity contribution in [2.45, 2.75) is 13.3 Å². The number of nitrogens with zero attached hydrogens (tertiary/aromatic N) is 1. The van der Waals surface area contributed by atoms with Crippen molar-refractivity contribution in [3.8, 4) is 0 Å². The standard InChI is InChI=1S/C8H12N2O3S/c1-2-7-4-3-5-8(10-7)9-6-13-14(11)12/h3-5H,2,6H2,1H3,(H,9,10)(H,11,12). The van der Waals surface area contributed by atoms with Crippen LogP contribution in [-0.4, -0.2) is 20.5 Å². The molecule has 6 heteroatoms. The minimum Gasteiger partial charge on any atom is -0.346 e. The monoisotopic (exact) mass is 216 g/mol. The summed E-state index contributed by atoms with van der Waals surface area (Å²) in [6.45, 7) is 1.97. The molecule has 2 N–H and O–H groups in total. The van der Waals surface area contributed by atoms with Crippen molar-refractivity contribution in [3.63, 3.8) is 0 Å². The first-order chi connectivity index (χ1) is 6.72. The van der Waals surface area contributed by atoms with E-state index in [1.807, 2.05) is 19.1 Å². The molecule has 1 aromatic heterocycles. The molecule has 0 spiro atoms. The van der Waals surface area contributed by atoms with Crippen LogP contribution in [-0.2, 0) is 22.0 Å². The van der Waals surface area contributed by atoms with E-state index >= 15 is 0 Å².